The number of benzene rings is 1. The molecule has 0 radical (unpaired) electrons. The van der Waals surface area contributed by atoms with Gasteiger partial charge in [0.25, 0.3) is 5.89 Å². The largest absolute Gasteiger partial charge is 0.394 e. The van der Waals surface area contributed by atoms with Crippen LogP contribution in [0, 0.1) is 0 Å². The lowest BCUT2D eigenvalue weighted by Gasteiger charge is -2.10. The second kappa shape index (κ2) is 6.76. The van der Waals surface area contributed by atoms with Crippen molar-refractivity contribution in [2.75, 3.05) is 11.9 Å². The van der Waals surface area contributed by atoms with Crippen molar-refractivity contribution in [1.82, 2.24) is 15.1 Å². The molecule has 2 heterocycles. The number of halogens is 1. The van der Waals surface area contributed by atoms with E-state index in [4.69, 9.17) is 21.2 Å². The number of aromatic nitrogens is 3. The maximum atomic E-state index is 9.03. The smallest absolute Gasteiger partial charge is 0.259 e. The Labute approximate surface area is 138 Å². The van der Waals surface area contributed by atoms with Crippen LogP contribution in [0.5, 0.6) is 0 Å². The van der Waals surface area contributed by atoms with Gasteiger partial charge in [-0.15, -0.1) is 0 Å². The Morgan fingerprint density at radius 1 is 1.26 bits per heavy atom. The van der Waals surface area contributed by atoms with E-state index >= 15 is 0 Å². The lowest BCUT2D eigenvalue weighted by Crippen LogP contribution is -2.19. The molecule has 2 N–H and O–H groups in total. The van der Waals surface area contributed by atoms with Crippen molar-refractivity contribution in [3.8, 4) is 22.8 Å². The van der Waals surface area contributed by atoms with Gasteiger partial charge in [0.2, 0.25) is 5.82 Å². The highest BCUT2D eigenvalue weighted by Gasteiger charge is 2.11. The molecule has 1 aromatic carbocycles. The average molecular weight is 331 g/mol. The summed E-state index contributed by atoms with van der Waals surface area (Å²) in [5.74, 6) is 1.53. The first-order chi connectivity index (χ1) is 11.2. The summed E-state index contributed by atoms with van der Waals surface area (Å²) in [7, 11) is 0. The Hall–Kier alpha value is -2.44. The standard InChI is InChI=1S/C16H15ClN4O2/c1-10(9-22)19-14-6-5-12(8-18-14)16-20-15(21-23-16)11-3-2-4-13(17)7-11/h2-8,10,22H,9H2,1H3,(H,18,19)/t10-/m0/s1. The molecule has 0 saturated heterocycles. The number of aliphatic hydroxyl groups excluding tert-OH is 1. The number of pyridine rings is 1. The lowest BCUT2D eigenvalue weighted by molar-refractivity contribution is 0.281. The molecule has 0 spiro atoms. The van der Waals surface area contributed by atoms with E-state index in [9.17, 15) is 0 Å². The maximum absolute atomic E-state index is 9.03. The van der Waals surface area contributed by atoms with Crippen LogP contribution >= 0.6 is 11.6 Å². The fourth-order valence-corrected chi connectivity index (χ4v) is 2.18. The van der Waals surface area contributed by atoms with Crippen molar-refractivity contribution >= 4 is 17.4 Å². The van der Waals surface area contributed by atoms with E-state index in [2.05, 4.69) is 20.4 Å². The van der Waals surface area contributed by atoms with Gasteiger partial charge in [0.15, 0.2) is 0 Å². The Bertz CT molecular complexity index is 789. The predicted molar refractivity (Wildman–Crippen MR) is 88.1 cm³/mol. The van der Waals surface area contributed by atoms with Gasteiger partial charge in [-0.1, -0.05) is 28.9 Å². The van der Waals surface area contributed by atoms with Crippen LogP contribution in [0.25, 0.3) is 22.8 Å². The van der Waals surface area contributed by atoms with Crippen molar-refractivity contribution in [3.63, 3.8) is 0 Å². The number of hydrogen-bond acceptors (Lipinski definition) is 6. The summed E-state index contributed by atoms with van der Waals surface area (Å²) in [6.45, 7) is 1.90. The first-order valence-corrected chi connectivity index (χ1v) is 7.47. The first kappa shape index (κ1) is 15.5. The SMILES string of the molecule is C[C@@H](CO)Nc1ccc(-c2nc(-c3cccc(Cl)c3)no2)cn1. The van der Waals surface area contributed by atoms with Crippen molar-refractivity contribution in [1.29, 1.82) is 0 Å². The summed E-state index contributed by atoms with van der Waals surface area (Å²) in [5.41, 5.74) is 1.50. The van der Waals surface area contributed by atoms with Gasteiger partial charge >= 0.3 is 0 Å². The molecule has 0 unspecified atom stereocenters. The fraction of sp³-hybridized carbons (Fsp3) is 0.188. The monoisotopic (exact) mass is 330 g/mol. The van der Waals surface area contributed by atoms with Crippen molar-refractivity contribution in [2.45, 2.75) is 13.0 Å². The van der Waals surface area contributed by atoms with Crippen molar-refractivity contribution in [2.24, 2.45) is 0 Å². The minimum Gasteiger partial charge on any atom is -0.394 e. The second-order valence-electron chi connectivity index (χ2n) is 5.09. The zero-order valence-corrected chi connectivity index (χ0v) is 13.2. The second-order valence-corrected chi connectivity index (χ2v) is 5.53. The van der Waals surface area contributed by atoms with E-state index in [0.29, 0.717) is 28.1 Å². The summed E-state index contributed by atoms with van der Waals surface area (Å²) in [6.07, 6.45) is 1.64. The van der Waals surface area contributed by atoms with E-state index < -0.39 is 0 Å². The van der Waals surface area contributed by atoms with Gasteiger partial charge in [0.05, 0.1) is 12.2 Å². The van der Waals surface area contributed by atoms with E-state index in [0.717, 1.165) is 5.56 Å². The molecule has 3 aromatic rings. The molecule has 7 heteroatoms. The molecule has 0 saturated carbocycles. The number of hydrogen-bond donors (Lipinski definition) is 2. The molecule has 2 aromatic heterocycles. The van der Waals surface area contributed by atoms with Crippen LogP contribution in [-0.2, 0) is 0 Å². The number of nitrogens with zero attached hydrogens (tertiary/aromatic N) is 3. The molecule has 0 aliphatic rings. The highest BCUT2D eigenvalue weighted by Crippen LogP contribution is 2.24. The van der Waals surface area contributed by atoms with E-state index in [-0.39, 0.29) is 12.6 Å². The third kappa shape index (κ3) is 3.67. The maximum Gasteiger partial charge on any atom is 0.259 e. The van der Waals surface area contributed by atoms with Gasteiger partial charge in [-0.2, -0.15) is 4.98 Å². The average Bonchev–Trinajstić information content (AvgIpc) is 3.05. The molecule has 0 aliphatic heterocycles. The normalized spacial score (nSPS) is 12.1. The molecule has 118 valence electrons. The molecule has 3 rings (SSSR count). The van der Waals surface area contributed by atoms with Crippen LogP contribution in [-0.4, -0.2) is 32.9 Å². The van der Waals surface area contributed by atoms with Gasteiger partial charge < -0.3 is 14.9 Å². The zero-order valence-electron chi connectivity index (χ0n) is 12.4. The Morgan fingerprint density at radius 2 is 2.13 bits per heavy atom. The molecule has 6 nitrogen and oxygen atoms in total. The number of anilines is 1. The first-order valence-electron chi connectivity index (χ1n) is 7.09. The van der Waals surface area contributed by atoms with E-state index in [1.807, 2.05) is 25.1 Å². The molecule has 0 aliphatic carbocycles. The Morgan fingerprint density at radius 3 is 2.83 bits per heavy atom. The summed E-state index contributed by atoms with van der Waals surface area (Å²) in [5, 5.41) is 16.7. The van der Waals surface area contributed by atoms with Crippen LogP contribution in [0.1, 0.15) is 6.92 Å². The molecule has 0 bridgehead atoms. The minimum absolute atomic E-state index is 0.0378. The fourth-order valence-electron chi connectivity index (χ4n) is 1.99. The van der Waals surface area contributed by atoms with Crippen LogP contribution in [0.3, 0.4) is 0 Å². The molecular formula is C16H15ClN4O2. The quantitative estimate of drug-likeness (QED) is 0.747. The van der Waals surface area contributed by atoms with Crippen molar-refractivity contribution < 1.29 is 9.63 Å². The molecular weight excluding hydrogens is 316 g/mol. The number of aliphatic hydroxyl groups is 1. The topological polar surface area (TPSA) is 84.1 Å². The van der Waals surface area contributed by atoms with Crippen LogP contribution in [0.2, 0.25) is 5.02 Å². The molecule has 23 heavy (non-hydrogen) atoms. The van der Waals surface area contributed by atoms with Gasteiger partial charge in [-0.05, 0) is 31.2 Å². The third-order valence-corrected chi connectivity index (χ3v) is 3.42. The molecule has 1 atom stereocenters. The highest BCUT2D eigenvalue weighted by molar-refractivity contribution is 6.30. The molecule has 0 amide bonds. The van der Waals surface area contributed by atoms with Crippen LogP contribution in [0.4, 0.5) is 5.82 Å². The minimum atomic E-state index is -0.0637. The highest BCUT2D eigenvalue weighted by atomic mass is 35.5. The Balaban J connectivity index is 1.80. The van der Waals surface area contributed by atoms with E-state index in [1.165, 1.54) is 0 Å². The van der Waals surface area contributed by atoms with Crippen LogP contribution < -0.4 is 5.32 Å². The van der Waals surface area contributed by atoms with Gasteiger partial charge in [0, 0.05) is 22.8 Å². The summed E-state index contributed by atoms with van der Waals surface area (Å²) < 4.78 is 5.28. The van der Waals surface area contributed by atoms with E-state index in [1.54, 1.807) is 24.4 Å². The van der Waals surface area contributed by atoms with Gasteiger partial charge in [0.1, 0.15) is 5.82 Å². The summed E-state index contributed by atoms with van der Waals surface area (Å²) >= 11 is 5.97. The van der Waals surface area contributed by atoms with Crippen LogP contribution in [0.15, 0.2) is 47.1 Å². The number of nitrogens with one attached hydrogen (secondary N) is 1. The summed E-state index contributed by atoms with van der Waals surface area (Å²) in [6, 6.07) is 10.8. The lowest BCUT2D eigenvalue weighted by atomic mass is 10.2. The molecule has 0 fully saturated rings. The zero-order chi connectivity index (χ0) is 16.2. The Kier molecular flexibility index (Phi) is 4.55. The predicted octanol–water partition coefficient (Wildman–Crippen LogP) is 3.24. The third-order valence-electron chi connectivity index (χ3n) is 3.19. The van der Waals surface area contributed by atoms with Gasteiger partial charge in [-0.3, -0.25) is 0 Å². The summed E-state index contributed by atoms with van der Waals surface area (Å²) in [4.78, 5) is 8.63. The number of rotatable bonds is 5. The van der Waals surface area contributed by atoms with Crippen molar-refractivity contribution in [3.05, 3.63) is 47.6 Å². The van der Waals surface area contributed by atoms with Gasteiger partial charge in [-0.25, -0.2) is 4.98 Å².